The number of imidazole rings is 1. The van der Waals surface area contributed by atoms with Crippen molar-refractivity contribution in [3.63, 3.8) is 0 Å². The number of hydrogen-bond acceptors (Lipinski definition) is 4. The van der Waals surface area contributed by atoms with Crippen LogP contribution in [-0.4, -0.2) is 45.7 Å². The van der Waals surface area contributed by atoms with Crippen LogP contribution in [0, 0.1) is 0 Å². The SMILES string of the molecule is COc1ccc(-n2c(CN(C)C(C)C(=O)O)nc3ccccc32)cc1. The molecule has 0 amide bonds. The molecule has 2 aromatic carbocycles. The molecule has 0 aliphatic rings. The summed E-state index contributed by atoms with van der Waals surface area (Å²) in [6, 6.07) is 15.0. The Morgan fingerprint density at radius 3 is 2.56 bits per heavy atom. The Balaban J connectivity index is 2.07. The number of hydrogen-bond donors (Lipinski definition) is 1. The van der Waals surface area contributed by atoms with Crippen molar-refractivity contribution in [3.05, 3.63) is 54.4 Å². The maximum Gasteiger partial charge on any atom is 0.320 e. The number of methoxy groups -OCH3 is 1. The summed E-state index contributed by atoms with van der Waals surface area (Å²) in [6.45, 7) is 2.09. The van der Waals surface area contributed by atoms with E-state index in [1.54, 1.807) is 26.0 Å². The number of ether oxygens (including phenoxy) is 1. The van der Waals surface area contributed by atoms with E-state index in [9.17, 15) is 9.90 Å². The van der Waals surface area contributed by atoms with Gasteiger partial charge in [0.15, 0.2) is 0 Å². The number of benzene rings is 2. The fourth-order valence-electron chi connectivity index (χ4n) is 2.75. The third-order valence-electron chi connectivity index (χ3n) is 4.37. The molecule has 0 fully saturated rings. The van der Waals surface area contributed by atoms with Gasteiger partial charge in [0.25, 0.3) is 0 Å². The molecule has 0 aliphatic carbocycles. The van der Waals surface area contributed by atoms with Crippen molar-refractivity contribution < 1.29 is 14.6 Å². The largest absolute Gasteiger partial charge is 0.497 e. The molecule has 1 aromatic heterocycles. The molecular formula is C19H21N3O3. The van der Waals surface area contributed by atoms with Crippen molar-refractivity contribution >= 4 is 17.0 Å². The van der Waals surface area contributed by atoms with Gasteiger partial charge in [-0.1, -0.05) is 12.1 Å². The van der Waals surface area contributed by atoms with E-state index in [-0.39, 0.29) is 0 Å². The number of carboxylic acids is 1. The quantitative estimate of drug-likeness (QED) is 0.748. The van der Waals surface area contributed by atoms with E-state index in [1.165, 1.54) is 0 Å². The van der Waals surface area contributed by atoms with Crippen LogP contribution in [0.25, 0.3) is 16.7 Å². The Morgan fingerprint density at radius 2 is 1.92 bits per heavy atom. The number of para-hydroxylation sites is 2. The third kappa shape index (κ3) is 3.34. The van der Waals surface area contributed by atoms with Gasteiger partial charge < -0.3 is 9.84 Å². The molecule has 0 aliphatic heterocycles. The molecule has 25 heavy (non-hydrogen) atoms. The Morgan fingerprint density at radius 1 is 1.24 bits per heavy atom. The average Bonchev–Trinajstić information content (AvgIpc) is 2.98. The van der Waals surface area contributed by atoms with E-state index >= 15 is 0 Å². The molecule has 0 bridgehead atoms. The van der Waals surface area contributed by atoms with Gasteiger partial charge in [0.1, 0.15) is 17.6 Å². The van der Waals surface area contributed by atoms with Crippen LogP contribution >= 0.6 is 0 Å². The number of fused-ring (bicyclic) bond motifs is 1. The predicted octanol–water partition coefficient (Wildman–Crippen LogP) is 2.94. The van der Waals surface area contributed by atoms with E-state index in [0.29, 0.717) is 6.54 Å². The third-order valence-corrected chi connectivity index (χ3v) is 4.37. The highest BCUT2D eigenvalue weighted by atomic mass is 16.5. The lowest BCUT2D eigenvalue weighted by Gasteiger charge is -2.21. The summed E-state index contributed by atoms with van der Waals surface area (Å²) in [4.78, 5) is 17.7. The van der Waals surface area contributed by atoms with Gasteiger partial charge in [0.2, 0.25) is 0 Å². The smallest absolute Gasteiger partial charge is 0.320 e. The second-order valence-electron chi connectivity index (χ2n) is 5.98. The van der Waals surface area contributed by atoms with Crippen LogP contribution in [0.4, 0.5) is 0 Å². The first-order valence-corrected chi connectivity index (χ1v) is 8.05. The van der Waals surface area contributed by atoms with Gasteiger partial charge in [0.05, 0.1) is 24.7 Å². The molecular weight excluding hydrogens is 318 g/mol. The number of aliphatic carboxylic acids is 1. The number of carboxylic acid groups (broad SMARTS) is 1. The number of aromatic nitrogens is 2. The summed E-state index contributed by atoms with van der Waals surface area (Å²) in [5, 5.41) is 9.23. The summed E-state index contributed by atoms with van der Waals surface area (Å²) in [5.41, 5.74) is 2.82. The van der Waals surface area contributed by atoms with Crippen LogP contribution in [0.1, 0.15) is 12.7 Å². The van der Waals surface area contributed by atoms with E-state index in [1.807, 2.05) is 48.5 Å². The maximum atomic E-state index is 11.2. The summed E-state index contributed by atoms with van der Waals surface area (Å²) < 4.78 is 7.28. The van der Waals surface area contributed by atoms with Crippen LogP contribution in [0.15, 0.2) is 48.5 Å². The topological polar surface area (TPSA) is 67.6 Å². The second kappa shape index (κ2) is 6.94. The minimum Gasteiger partial charge on any atom is -0.497 e. The molecule has 3 aromatic rings. The first kappa shape index (κ1) is 17.0. The van der Waals surface area contributed by atoms with E-state index in [4.69, 9.17) is 9.72 Å². The molecule has 0 radical (unpaired) electrons. The van der Waals surface area contributed by atoms with Gasteiger partial charge >= 0.3 is 5.97 Å². The van der Waals surface area contributed by atoms with Crippen LogP contribution in [0.2, 0.25) is 0 Å². The standard InChI is InChI=1S/C19H21N3O3/c1-13(19(23)24)21(2)12-18-20-16-6-4-5-7-17(16)22(18)14-8-10-15(25-3)11-9-14/h4-11,13H,12H2,1-3H3,(H,23,24). The first-order chi connectivity index (χ1) is 12.0. The highest BCUT2D eigenvalue weighted by Crippen LogP contribution is 2.24. The lowest BCUT2D eigenvalue weighted by molar-refractivity contribution is -0.142. The number of carbonyl (C=O) groups is 1. The zero-order valence-electron chi connectivity index (χ0n) is 14.5. The van der Waals surface area contributed by atoms with E-state index < -0.39 is 12.0 Å². The molecule has 0 saturated carbocycles. The Bertz CT molecular complexity index is 887. The molecule has 0 spiro atoms. The summed E-state index contributed by atoms with van der Waals surface area (Å²) in [7, 11) is 3.42. The second-order valence-corrected chi connectivity index (χ2v) is 5.98. The average molecular weight is 339 g/mol. The van der Waals surface area contributed by atoms with Crippen molar-refractivity contribution in [2.24, 2.45) is 0 Å². The van der Waals surface area contributed by atoms with Crippen LogP contribution in [0.5, 0.6) is 5.75 Å². The van der Waals surface area contributed by atoms with Gasteiger partial charge in [-0.15, -0.1) is 0 Å². The minimum absolute atomic E-state index is 0.425. The first-order valence-electron chi connectivity index (χ1n) is 8.05. The highest BCUT2D eigenvalue weighted by molar-refractivity contribution is 5.78. The van der Waals surface area contributed by atoms with Gasteiger partial charge in [-0.2, -0.15) is 0 Å². The zero-order chi connectivity index (χ0) is 18.0. The Hall–Kier alpha value is -2.86. The maximum absolute atomic E-state index is 11.2. The number of likely N-dealkylation sites (N-methyl/N-ethyl adjacent to an activating group) is 1. The summed E-state index contributed by atoms with van der Waals surface area (Å²) in [5.74, 6) is 0.725. The highest BCUT2D eigenvalue weighted by Gasteiger charge is 2.20. The van der Waals surface area contributed by atoms with E-state index in [0.717, 1.165) is 28.3 Å². The van der Waals surface area contributed by atoms with Crippen molar-refractivity contribution in [2.45, 2.75) is 19.5 Å². The van der Waals surface area contributed by atoms with Gasteiger partial charge in [0, 0.05) is 5.69 Å². The minimum atomic E-state index is -0.852. The van der Waals surface area contributed by atoms with Gasteiger partial charge in [-0.3, -0.25) is 14.3 Å². The molecule has 130 valence electrons. The fourth-order valence-corrected chi connectivity index (χ4v) is 2.75. The normalized spacial score (nSPS) is 12.5. The molecule has 6 heteroatoms. The van der Waals surface area contributed by atoms with E-state index in [2.05, 4.69) is 4.57 Å². The number of rotatable bonds is 6. The monoisotopic (exact) mass is 339 g/mol. The molecule has 6 nitrogen and oxygen atoms in total. The predicted molar refractivity (Wildman–Crippen MR) is 96.2 cm³/mol. The van der Waals surface area contributed by atoms with Crippen molar-refractivity contribution in [2.75, 3.05) is 14.2 Å². The van der Waals surface area contributed by atoms with Crippen molar-refractivity contribution in [1.82, 2.24) is 14.5 Å². The van der Waals surface area contributed by atoms with Crippen molar-refractivity contribution in [3.8, 4) is 11.4 Å². The molecule has 1 heterocycles. The molecule has 0 saturated heterocycles. The van der Waals surface area contributed by atoms with Crippen LogP contribution < -0.4 is 4.74 Å². The molecule has 3 rings (SSSR count). The van der Waals surface area contributed by atoms with Crippen molar-refractivity contribution in [1.29, 1.82) is 0 Å². The zero-order valence-corrected chi connectivity index (χ0v) is 14.5. The van der Waals surface area contributed by atoms with Gasteiger partial charge in [-0.25, -0.2) is 4.98 Å². The van der Waals surface area contributed by atoms with Crippen LogP contribution in [0.3, 0.4) is 0 Å². The van der Waals surface area contributed by atoms with Gasteiger partial charge in [-0.05, 0) is 50.4 Å². The summed E-state index contributed by atoms with van der Waals surface area (Å²) in [6.07, 6.45) is 0. The number of nitrogens with zero attached hydrogens (tertiary/aromatic N) is 3. The molecule has 1 unspecified atom stereocenters. The summed E-state index contributed by atoms with van der Waals surface area (Å²) >= 11 is 0. The molecule has 1 atom stereocenters. The Kier molecular flexibility index (Phi) is 4.72. The van der Waals surface area contributed by atoms with Crippen LogP contribution in [-0.2, 0) is 11.3 Å². The lowest BCUT2D eigenvalue weighted by Crippen LogP contribution is -2.36. The molecule has 1 N–H and O–H groups in total. The fraction of sp³-hybridized carbons (Fsp3) is 0.263. The Labute approximate surface area is 146 Å². The lowest BCUT2D eigenvalue weighted by atomic mass is 10.2.